The highest BCUT2D eigenvalue weighted by molar-refractivity contribution is 6.33. The third kappa shape index (κ3) is 3.73. The van der Waals surface area contributed by atoms with Gasteiger partial charge in [0.25, 0.3) is 0 Å². The van der Waals surface area contributed by atoms with Crippen molar-refractivity contribution in [1.82, 2.24) is 0 Å². The molecule has 0 bridgehead atoms. The van der Waals surface area contributed by atoms with Gasteiger partial charge in [0, 0.05) is 22.2 Å². The number of nitrogens with two attached hydrogens (primary N) is 1. The Morgan fingerprint density at radius 2 is 1.29 bits per heavy atom. The molecular weight excluding hydrogens is 337 g/mol. The van der Waals surface area contributed by atoms with Crippen LogP contribution in [0.15, 0.2) is 18.2 Å². The molecule has 0 radical (unpaired) electrons. The number of benzene rings is 2. The molecule has 3 heteroatoms. The van der Waals surface area contributed by atoms with Gasteiger partial charge in [0.15, 0.2) is 0 Å². The molecule has 0 aliphatic rings. The minimum Gasteiger partial charge on any atom is -0.398 e. The lowest BCUT2D eigenvalue weighted by Crippen LogP contribution is -2.04. The van der Waals surface area contributed by atoms with Crippen molar-refractivity contribution >= 4 is 28.9 Å². The number of halogens is 2. The molecule has 24 heavy (non-hydrogen) atoms. The molecule has 2 N–H and O–H groups in total. The number of anilines is 1. The molecule has 0 heterocycles. The van der Waals surface area contributed by atoms with Crippen molar-refractivity contribution in [2.24, 2.45) is 0 Å². The van der Waals surface area contributed by atoms with Gasteiger partial charge in [0.05, 0.1) is 0 Å². The van der Waals surface area contributed by atoms with Crippen LogP contribution in [0.3, 0.4) is 0 Å². The van der Waals surface area contributed by atoms with Gasteiger partial charge < -0.3 is 5.73 Å². The minimum absolute atomic E-state index is 0.749. The summed E-state index contributed by atoms with van der Waals surface area (Å²) in [5.74, 6) is 0. The van der Waals surface area contributed by atoms with Crippen LogP contribution in [0.1, 0.15) is 61.1 Å². The molecule has 2 aromatic carbocycles. The van der Waals surface area contributed by atoms with E-state index in [9.17, 15) is 0 Å². The standard InChI is InChI=1S/C21H27Cl2N/c1-5-13-9-14(6-2)19(22)16(10-13)12-17-11-15(7-3)21(24)18(8-4)20(17)23/h9-11H,5-8,12,24H2,1-4H3. The number of hydrogen-bond donors (Lipinski definition) is 1. The molecule has 0 fully saturated rings. The third-order valence-corrected chi connectivity index (χ3v) is 5.71. The fourth-order valence-electron chi connectivity index (χ4n) is 3.24. The zero-order valence-corrected chi connectivity index (χ0v) is 16.6. The Labute approximate surface area is 156 Å². The van der Waals surface area contributed by atoms with Crippen LogP contribution in [0, 0.1) is 0 Å². The zero-order chi connectivity index (χ0) is 17.9. The lowest BCUT2D eigenvalue weighted by atomic mass is 9.93. The summed E-state index contributed by atoms with van der Waals surface area (Å²) in [4.78, 5) is 0. The van der Waals surface area contributed by atoms with Crippen LogP contribution in [0.25, 0.3) is 0 Å². The summed E-state index contributed by atoms with van der Waals surface area (Å²) in [6.45, 7) is 8.54. The number of rotatable bonds is 6. The van der Waals surface area contributed by atoms with E-state index >= 15 is 0 Å². The first-order chi connectivity index (χ1) is 11.5. The van der Waals surface area contributed by atoms with Crippen LogP contribution >= 0.6 is 23.2 Å². The van der Waals surface area contributed by atoms with Gasteiger partial charge in [-0.3, -0.25) is 0 Å². The van der Waals surface area contributed by atoms with E-state index in [4.69, 9.17) is 28.9 Å². The van der Waals surface area contributed by atoms with E-state index < -0.39 is 0 Å². The van der Waals surface area contributed by atoms with Crippen molar-refractivity contribution in [1.29, 1.82) is 0 Å². The highest BCUT2D eigenvalue weighted by atomic mass is 35.5. The Morgan fingerprint density at radius 1 is 0.708 bits per heavy atom. The zero-order valence-electron chi connectivity index (χ0n) is 15.1. The Bertz CT molecular complexity index is 735. The molecule has 130 valence electrons. The molecule has 0 amide bonds. The van der Waals surface area contributed by atoms with E-state index in [0.717, 1.165) is 64.5 Å². The fourth-order valence-corrected chi connectivity index (χ4v) is 3.91. The molecule has 0 saturated carbocycles. The van der Waals surface area contributed by atoms with Crippen molar-refractivity contribution in [2.45, 2.75) is 59.8 Å². The van der Waals surface area contributed by atoms with Crippen molar-refractivity contribution < 1.29 is 0 Å². The molecule has 0 spiro atoms. The van der Waals surface area contributed by atoms with E-state index in [0.29, 0.717) is 0 Å². The lowest BCUT2D eigenvalue weighted by Gasteiger charge is -2.17. The van der Waals surface area contributed by atoms with E-state index in [2.05, 4.69) is 45.9 Å². The summed E-state index contributed by atoms with van der Waals surface area (Å²) >= 11 is 13.3. The quantitative estimate of drug-likeness (QED) is 0.589. The topological polar surface area (TPSA) is 26.0 Å². The van der Waals surface area contributed by atoms with Crippen LogP contribution in [0.4, 0.5) is 5.69 Å². The molecule has 0 atom stereocenters. The monoisotopic (exact) mass is 363 g/mol. The Kier molecular flexibility index (Phi) is 6.60. The summed E-state index contributed by atoms with van der Waals surface area (Å²) in [6.07, 6.45) is 4.45. The van der Waals surface area contributed by atoms with E-state index in [-0.39, 0.29) is 0 Å². The first kappa shape index (κ1) is 19.1. The van der Waals surface area contributed by atoms with E-state index in [1.807, 2.05) is 0 Å². The summed E-state index contributed by atoms with van der Waals surface area (Å²) < 4.78 is 0. The summed E-state index contributed by atoms with van der Waals surface area (Å²) in [6, 6.07) is 6.58. The van der Waals surface area contributed by atoms with Crippen LogP contribution in [0.5, 0.6) is 0 Å². The fraction of sp³-hybridized carbons (Fsp3) is 0.429. The van der Waals surface area contributed by atoms with Crippen LogP contribution in [0.2, 0.25) is 10.0 Å². The highest BCUT2D eigenvalue weighted by Gasteiger charge is 2.15. The molecule has 2 aromatic rings. The summed E-state index contributed by atoms with van der Waals surface area (Å²) in [5, 5.41) is 1.67. The molecular formula is C21H27Cl2N. The summed E-state index contributed by atoms with van der Waals surface area (Å²) in [5.41, 5.74) is 14.2. The Hall–Kier alpha value is -1.18. The van der Waals surface area contributed by atoms with Gasteiger partial charge in [-0.05, 0) is 59.1 Å². The molecule has 0 unspecified atom stereocenters. The van der Waals surface area contributed by atoms with Crippen molar-refractivity contribution in [2.75, 3.05) is 5.73 Å². The van der Waals surface area contributed by atoms with Crippen LogP contribution in [-0.4, -0.2) is 0 Å². The normalized spacial score (nSPS) is 11.1. The third-order valence-electron chi connectivity index (χ3n) is 4.75. The van der Waals surface area contributed by atoms with E-state index in [1.165, 1.54) is 16.7 Å². The van der Waals surface area contributed by atoms with Gasteiger partial charge in [0.1, 0.15) is 0 Å². The van der Waals surface area contributed by atoms with E-state index in [1.54, 1.807) is 0 Å². The second kappa shape index (κ2) is 8.27. The SMILES string of the molecule is CCc1cc(CC)c(Cl)c(Cc2cc(CC)c(N)c(CC)c2Cl)c1. The highest BCUT2D eigenvalue weighted by Crippen LogP contribution is 2.34. The average Bonchev–Trinajstić information content (AvgIpc) is 2.59. The number of aryl methyl sites for hydroxylation is 3. The Morgan fingerprint density at radius 3 is 1.83 bits per heavy atom. The summed E-state index contributed by atoms with van der Waals surface area (Å²) in [7, 11) is 0. The molecule has 2 rings (SSSR count). The van der Waals surface area contributed by atoms with Gasteiger partial charge in [-0.2, -0.15) is 0 Å². The lowest BCUT2D eigenvalue weighted by molar-refractivity contribution is 1.04. The van der Waals surface area contributed by atoms with Crippen molar-refractivity contribution in [3.63, 3.8) is 0 Å². The van der Waals surface area contributed by atoms with Gasteiger partial charge in [-0.25, -0.2) is 0 Å². The van der Waals surface area contributed by atoms with Gasteiger partial charge in [-0.1, -0.05) is 69.1 Å². The van der Waals surface area contributed by atoms with Crippen molar-refractivity contribution in [3.8, 4) is 0 Å². The first-order valence-corrected chi connectivity index (χ1v) is 9.60. The first-order valence-electron chi connectivity index (χ1n) is 8.85. The second-order valence-corrected chi connectivity index (χ2v) is 6.98. The molecule has 0 aliphatic heterocycles. The number of hydrogen-bond acceptors (Lipinski definition) is 1. The molecule has 0 saturated heterocycles. The van der Waals surface area contributed by atoms with Gasteiger partial charge in [0.2, 0.25) is 0 Å². The van der Waals surface area contributed by atoms with Crippen molar-refractivity contribution in [3.05, 3.63) is 61.6 Å². The molecule has 1 nitrogen and oxygen atoms in total. The van der Waals surface area contributed by atoms with Gasteiger partial charge in [-0.15, -0.1) is 0 Å². The largest absolute Gasteiger partial charge is 0.398 e. The van der Waals surface area contributed by atoms with Crippen LogP contribution in [-0.2, 0) is 32.1 Å². The predicted molar refractivity (Wildman–Crippen MR) is 108 cm³/mol. The number of nitrogen functional groups attached to an aromatic ring is 1. The Balaban J connectivity index is 2.56. The maximum Gasteiger partial charge on any atom is 0.0493 e. The van der Waals surface area contributed by atoms with Crippen LogP contribution < -0.4 is 5.73 Å². The maximum absolute atomic E-state index is 6.67. The second-order valence-electron chi connectivity index (χ2n) is 6.22. The average molecular weight is 364 g/mol. The smallest absolute Gasteiger partial charge is 0.0493 e. The minimum atomic E-state index is 0.749. The molecule has 0 aliphatic carbocycles. The van der Waals surface area contributed by atoms with Gasteiger partial charge >= 0.3 is 0 Å². The maximum atomic E-state index is 6.67. The predicted octanol–water partition coefficient (Wildman–Crippen LogP) is 6.42. The molecule has 0 aromatic heterocycles.